The maximum atomic E-state index is 12.5. The third kappa shape index (κ3) is 2.86. The van der Waals surface area contributed by atoms with Crippen LogP contribution in [0.4, 0.5) is 0 Å². The fourth-order valence-electron chi connectivity index (χ4n) is 2.69. The number of hydrogen-bond donors (Lipinski definition) is 2. The van der Waals surface area contributed by atoms with Gasteiger partial charge in [0.05, 0.1) is 12.5 Å². The summed E-state index contributed by atoms with van der Waals surface area (Å²) >= 11 is 0. The van der Waals surface area contributed by atoms with E-state index < -0.39 is 11.2 Å². The number of methoxy groups -OCH3 is 1. The van der Waals surface area contributed by atoms with Crippen LogP contribution in [-0.4, -0.2) is 23.9 Å². The minimum absolute atomic E-state index is 0.0655. The predicted molar refractivity (Wildman–Crippen MR) is 91.5 cm³/mol. The largest absolute Gasteiger partial charge is 0.502 e. The van der Waals surface area contributed by atoms with Crippen LogP contribution in [0.3, 0.4) is 0 Å². The molecule has 3 aromatic rings. The van der Waals surface area contributed by atoms with E-state index in [1.165, 1.54) is 7.11 Å². The van der Waals surface area contributed by atoms with Crippen LogP contribution in [0.1, 0.15) is 12.0 Å². The molecule has 0 radical (unpaired) electrons. The number of aliphatic hydroxyl groups excluding tert-OH is 1. The molecule has 0 unspecified atom stereocenters. The first kappa shape index (κ1) is 16.1. The topological polar surface area (TPSA) is 79.9 Å². The van der Waals surface area contributed by atoms with Gasteiger partial charge < -0.3 is 19.4 Å². The Hall–Kier alpha value is -2.79. The minimum atomic E-state index is -0.498. The summed E-state index contributed by atoms with van der Waals surface area (Å²) < 4.78 is 11.1. The molecule has 0 saturated heterocycles. The highest BCUT2D eigenvalue weighted by molar-refractivity contribution is 5.84. The van der Waals surface area contributed by atoms with Gasteiger partial charge in [-0.1, -0.05) is 30.3 Å². The van der Waals surface area contributed by atoms with Crippen molar-refractivity contribution in [3.8, 4) is 22.8 Å². The average Bonchev–Trinajstić information content (AvgIpc) is 2.63. The number of hydrogen-bond acceptors (Lipinski definition) is 5. The van der Waals surface area contributed by atoms with Gasteiger partial charge in [-0.2, -0.15) is 0 Å². The number of aliphatic hydroxyl groups is 1. The number of rotatable bonds is 5. The molecule has 0 spiro atoms. The van der Waals surface area contributed by atoms with Crippen molar-refractivity contribution in [3.63, 3.8) is 0 Å². The van der Waals surface area contributed by atoms with Crippen LogP contribution in [0, 0.1) is 0 Å². The number of fused-ring (bicyclic) bond motifs is 1. The van der Waals surface area contributed by atoms with Crippen LogP contribution in [0.5, 0.6) is 11.5 Å². The number of ether oxygens (including phenoxy) is 1. The van der Waals surface area contributed by atoms with Crippen molar-refractivity contribution in [3.05, 3.63) is 58.3 Å². The Morgan fingerprint density at radius 3 is 2.58 bits per heavy atom. The molecule has 0 fully saturated rings. The lowest BCUT2D eigenvalue weighted by atomic mass is 10.0. The van der Waals surface area contributed by atoms with E-state index in [1.54, 1.807) is 36.4 Å². The molecule has 0 amide bonds. The van der Waals surface area contributed by atoms with Crippen molar-refractivity contribution in [2.24, 2.45) is 0 Å². The second-order valence-corrected chi connectivity index (χ2v) is 5.46. The van der Waals surface area contributed by atoms with Gasteiger partial charge in [-0.15, -0.1) is 0 Å². The Morgan fingerprint density at radius 2 is 1.92 bits per heavy atom. The van der Waals surface area contributed by atoms with Gasteiger partial charge in [0.15, 0.2) is 5.76 Å². The standard InChI is InChI=1S/C19H18O5/c1-23-15-11-14-16(10-13(15)8-5-9-20)24-19(18(22)17(14)21)12-6-3-2-4-7-12/h2-4,6-7,10-11,20,22H,5,8-9H2,1H3. The first-order valence-corrected chi connectivity index (χ1v) is 7.68. The van der Waals surface area contributed by atoms with Crippen molar-refractivity contribution in [1.29, 1.82) is 0 Å². The third-order valence-corrected chi connectivity index (χ3v) is 3.91. The zero-order valence-electron chi connectivity index (χ0n) is 13.3. The second-order valence-electron chi connectivity index (χ2n) is 5.46. The Kier molecular flexibility index (Phi) is 4.53. The zero-order valence-corrected chi connectivity index (χ0v) is 13.3. The van der Waals surface area contributed by atoms with E-state index in [0.29, 0.717) is 29.7 Å². The van der Waals surface area contributed by atoms with Gasteiger partial charge in [0, 0.05) is 12.2 Å². The van der Waals surface area contributed by atoms with Crippen molar-refractivity contribution in [2.45, 2.75) is 12.8 Å². The summed E-state index contributed by atoms with van der Waals surface area (Å²) in [5.41, 5.74) is 1.35. The molecule has 0 saturated carbocycles. The first-order valence-electron chi connectivity index (χ1n) is 7.68. The monoisotopic (exact) mass is 326 g/mol. The highest BCUT2D eigenvalue weighted by atomic mass is 16.5. The molecule has 2 aromatic carbocycles. The van der Waals surface area contributed by atoms with E-state index >= 15 is 0 Å². The quantitative estimate of drug-likeness (QED) is 0.753. The minimum Gasteiger partial charge on any atom is -0.502 e. The van der Waals surface area contributed by atoms with Crippen molar-refractivity contribution >= 4 is 11.0 Å². The molecular formula is C19H18O5. The molecule has 124 valence electrons. The Morgan fingerprint density at radius 1 is 1.17 bits per heavy atom. The summed E-state index contributed by atoms with van der Waals surface area (Å²) in [6, 6.07) is 12.3. The van der Waals surface area contributed by atoms with Crippen LogP contribution >= 0.6 is 0 Å². The van der Waals surface area contributed by atoms with E-state index in [1.807, 2.05) is 6.07 Å². The molecule has 0 aliphatic heterocycles. The van der Waals surface area contributed by atoms with Crippen molar-refractivity contribution in [2.75, 3.05) is 13.7 Å². The molecule has 0 aliphatic carbocycles. The third-order valence-electron chi connectivity index (χ3n) is 3.91. The fourth-order valence-corrected chi connectivity index (χ4v) is 2.69. The lowest BCUT2D eigenvalue weighted by Crippen LogP contribution is -2.04. The molecule has 5 nitrogen and oxygen atoms in total. The second kappa shape index (κ2) is 6.76. The SMILES string of the molecule is COc1cc2c(=O)c(O)c(-c3ccccc3)oc2cc1CCCO. The summed E-state index contributed by atoms with van der Waals surface area (Å²) in [7, 11) is 1.52. The molecular weight excluding hydrogens is 308 g/mol. The van der Waals surface area contributed by atoms with Gasteiger partial charge in [-0.05, 0) is 30.5 Å². The van der Waals surface area contributed by atoms with Gasteiger partial charge in [-0.25, -0.2) is 0 Å². The number of aromatic hydroxyl groups is 1. The van der Waals surface area contributed by atoms with E-state index in [9.17, 15) is 9.90 Å². The molecule has 0 bridgehead atoms. The Bertz CT molecular complexity index is 912. The summed E-state index contributed by atoms with van der Waals surface area (Å²) in [5.74, 6) is 0.264. The lowest BCUT2D eigenvalue weighted by Gasteiger charge is -2.11. The van der Waals surface area contributed by atoms with Gasteiger partial charge in [0.2, 0.25) is 11.2 Å². The maximum absolute atomic E-state index is 12.5. The average molecular weight is 326 g/mol. The molecule has 2 N–H and O–H groups in total. The van der Waals surface area contributed by atoms with Crippen LogP contribution in [-0.2, 0) is 6.42 Å². The van der Waals surface area contributed by atoms with Gasteiger partial charge in [-0.3, -0.25) is 4.79 Å². The van der Waals surface area contributed by atoms with Crippen LogP contribution in [0.2, 0.25) is 0 Å². The van der Waals surface area contributed by atoms with Gasteiger partial charge >= 0.3 is 0 Å². The zero-order chi connectivity index (χ0) is 17.1. The molecule has 1 aromatic heterocycles. The van der Waals surface area contributed by atoms with Crippen molar-refractivity contribution in [1.82, 2.24) is 0 Å². The van der Waals surface area contributed by atoms with Crippen LogP contribution < -0.4 is 10.2 Å². The normalized spacial score (nSPS) is 10.9. The highest BCUT2D eigenvalue weighted by Crippen LogP contribution is 2.33. The predicted octanol–water partition coefficient (Wildman–Crippen LogP) is 3.10. The van der Waals surface area contributed by atoms with E-state index in [2.05, 4.69) is 0 Å². The summed E-state index contributed by atoms with van der Waals surface area (Å²) in [4.78, 5) is 12.5. The lowest BCUT2D eigenvalue weighted by molar-refractivity contribution is 0.287. The fraction of sp³-hybridized carbons (Fsp3) is 0.211. The van der Waals surface area contributed by atoms with Crippen LogP contribution in [0.25, 0.3) is 22.3 Å². The number of aryl methyl sites for hydroxylation is 1. The van der Waals surface area contributed by atoms with Gasteiger partial charge in [0.1, 0.15) is 11.3 Å². The smallest absolute Gasteiger partial charge is 0.235 e. The van der Waals surface area contributed by atoms with Crippen LogP contribution in [0.15, 0.2) is 51.7 Å². The van der Waals surface area contributed by atoms with E-state index in [-0.39, 0.29) is 17.8 Å². The maximum Gasteiger partial charge on any atom is 0.235 e. The highest BCUT2D eigenvalue weighted by Gasteiger charge is 2.17. The molecule has 1 heterocycles. The first-order chi connectivity index (χ1) is 11.7. The van der Waals surface area contributed by atoms with Gasteiger partial charge in [0.25, 0.3) is 0 Å². The molecule has 24 heavy (non-hydrogen) atoms. The molecule has 0 aliphatic rings. The molecule has 5 heteroatoms. The summed E-state index contributed by atoms with van der Waals surface area (Å²) in [6.07, 6.45) is 1.18. The summed E-state index contributed by atoms with van der Waals surface area (Å²) in [6.45, 7) is 0.0655. The Labute approximate surface area is 138 Å². The summed E-state index contributed by atoms with van der Waals surface area (Å²) in [5, 5.41) is 19.5. The molecule has 0 atom stereocenters. The Balaban J connectivity index is 2.24. The van der Waals surface area contributed by atoms with E-state index in [4.69, 9.17) is 14.3 Å². The molecule has 3 rings (SSSR count). The van der Waals surface area contributed by atoms with Crippen molar-refractivity contribution < 1.29 is 19.4 Å². The van der Waals surface area contributed by atoms with E-state index in [0.717, 1.165) is 5.56 Å². The number of benzene rings is 2.